The van der Waals surface area contributed by atoms with Crippen LogP contribution in [-0.2, 0) is 16.0 Å². The molecule has 2 saturated carbocycles. The number of rotatable bonds is 7. The first-order chi connectivity index (χ1) is 16.6. The molecule has 0 saturated heterocycles. The SMILES string of the molecule is Cc1cc(-c2ccccc2)c(C2CC2)c(-c2ccc3c(c2)CCCO3)c1C(OC1CC1)C(=O)O. The monoisotopic (exact) mass is 454 g/mol. The van der Waals surface area contributed by atoms with Crippen LogP contribution in [0.1, 0.15) is 66.4 Å². The predicted octanol–water partition coefficient (Wildman–Crippen LogP) is 6.84. The molecule has 0 amide bonds. The van der Waals surface area contributed by atoms with Crippen molar-refractivity contribution in [1.82, 2.24) is 0 Å². The number of carboxylic acids is 1. The Balaban J connectivity index is 1.63. The van der Waals surface area contributed by atoms with Gasteiger partial charge in [-0.15, -0.1) is 0 Å². The summed E-state index contributed by atoms with van der Waals surface area (Å²) in [6, 6.07) is 19.1. The zero-order valence-electron chi connectivity index (χ0n) is 19.5. The van der Waals surface area contributed by atoms with E-state index < -0.39 is 12.1 Å². The zero-order chi connectivity index (χ0) is 23.2. The molecule has 1 atom stereocenters. The van der Waals surface area contributed by atoms with Crippen molar-refractivity contribution in [1.29, 1.82) is 0 Å². The molecule has 0 bridgehead atoms. The smallest absolute Gasteiger partial charge is 0.337 e. The normalized spacial score (nSPS) is 18.1. The van der Waals surface area contributed by atoms with Crippen molar-refractivity contribution >= 4 is 5.97 Å². The second kappa shape index (κ2) is 8.59. The topological polar surface area (TPSA) is 55.8 Å². The molecule has 1 N–H and O–H groups in total. The van der Waals surface area contributed by atoms with Crippen LogP contribution in [0.4, 0.5) is 0 Å². The highest BCUT2D eigenvalue weighted by Gasteiger charge is 2.38. The first-order valence-electron chi connectivity index (χ1n) is 12.5. The molecular weight excluding hydrogens is 424 g/mol. The number of aryl methyl sites for hydroxylation is 2. The minimum Gasteiger partial charge on any atom is -0.493 e. The van der Waals surface area contributed by atoms with Crippen LogP contribution in [-0.4, -0.2) is 23.8 Å². The van der Waals surface area contributed by atoms with Gasteiger partial charge in [-0.1, -0.05) is 42.5 Å². The Morgan fingerprint density at radius 1 is 1.03 bits per heavy atom. The number of benzene rings is 3. The number of carboxylic acid groups (broad SMARTS) is 1. The number of fused-ring (bicyclic) bond motifs is 1. The van der Waals surface area contributed by atoms with Gasteiger partial charge in [-0.25, -0.2) is 4.79 Å². The van der Waals surface area contributed by atoms with Crippen molar-refractivity contribution in [2.75, 3.05) is 6.61 Å². The largest absolute Gasteiger partial charge is 0.493 e. The van der Waals surface area contributed by atoms with E-state index in [9.17, 15) is 9.90 Å². The van der Waals surface area contributed by atoms with Crippen LogP contribution in [0.5, 0.6) is 5.75 Å². The van der Waals surface area contributed by atoms with E-state index in [1.165, 1.54) is 22.3 Å². The van der Waals surface area contributed by atoms with Crippen molar-refractivity contribution in [2.45, 2.75) is 63.6 Å². The molecule has 3 aliphatic rings. The van der Waals surface area contributed by atoms with Crippen molar-refractivity contribution in [3.8, 4) is 28.0 Å². The summed E-state index contributed by atoms with van der Waals surface area (Å²) >= 11 is 0. The van der Waals surface area contributed by atoms with Gasteiger partial charge >= 0.3 is 5.97 Å². The average Bonchev–Trinajstić information content (AvgIpc) is 3.77. The van der Waals surface area contributed by atoms with Crippen molar-refractivity contribution in [3.05, 3.63) is 76.9 Å². The minimum atomic E-state index is -0.961. The van der Waals surface area contributed by atoms with Gasteiger partial charge in [0.2, 0.25) is 0 Å². The Bertz CT molecular complexity index is 1240. The van der Waals surface area contributed by atoms with Crippen LogP contribution in [0.2, 0.25) is 0 Å². The molecule has 1 heterocycles. The zero-order valence-corrected chi connectivity index (χ0v) is 19.5. The van der Waals surface area contributed by atoms with Gasteiger partial charge in [0.1, 0.15) is 5.75 Å². The lowest BCUT2D eigenvalue weighted by Crippen LogP contribution is -2.19. The lowest BCUT2D eigenvalue weighted by Gasteiger charge is -2.26. The van der Waals surface area contributed by atoms with Crippen molar-refractivity contribution in [3.63, 3.8) is 0 Å². The lowest BCUT2D eigenvalue weighted by atomic mass is 9.81. The maximum atomic E-state index is 12.5. The van der Waals surface area contributed by atoms with Crippen LogP contribution in [0.3, 0.4) is 0 Å². The molecule has 6 rings (SSSR count). The second-order valence-electron chi connectivity index (χ2n) is 9.91. The summed E-state index contributed by atoms with van der Waals surface area (Å²) < 4.78 is 12.0. The fourth-order valence-electron chi connectivity index (χ4n) is 5.31. The fraction of sp³-hybridized carbons (Fsp3) is 0.367. The van der Waals surface area contributed by atoms with Gasteiger partial charge in [-0.05, 0) is 102 Å². The van der Waals surface area contributed by atoms with Gasteiger partial charge in [0, 0.05) is 5.56 Å². The third-order valence-corrected chi connectivity index (χ3v) is 7.22. The first-order valence-corrected chi connectivity index (χ1v) is 12.5. The molecule has 1 aliphatic heterocycles. The molecule has 4 nitrogen and oxygen atoms in total. The summed E-state index contributed by atoms with van der Waals surface area (Å²) in [6.07, 6.45) is 5.20. The summed E-state index contributed by atoms with van der Waals surface area (Å²) in [5.41, 5.74) is 8.79. The summed E-state index contributed by atoms with van der Waals surface area (Å²) in [6.45, 7) is 2.79. The summed E-state index contributed by atoms with van der Waals surface area (Å²) in [7, 11) is 0. The van der Waals surface area contributed by atoms with Crippen LogP contribution in [0.15, 0.2) is 54.6 Å². The Labute approximate surface area is 200 Å². The quantitative estimate of drug-likeness (QED) is 0.425. The number of aliphatic carboxylic acids is 1. The van der Waals surface area contributed by atoms with Gasteiger partial charge < -0.3 is 14.6 Å². The van der Waals surface area contributed by atoms with Crippen LogP contribution >= 0.6 is 0 Å². The van der Waals surface area contributed by atoms with Crippen LogP contribution in [0, 0.1) is 6.92 Å². The molecule has 2 fully saturated rings. The molecule has 4 heteroatoms. The van der Waals surface area contributed by atoms with E-state index in [1.807, 2.05) is 13.0 Å². The van der Waals surface area contributed by atoms with Crippen molar-refractivity contribution < 1.29 is 19.4 Å². The molecule has 0 radical (unpaired) electrons. The van der Waals surface area contributed by atoms with E-state index in [0.717, 1.165) is 73.1 Å². The highest BCUT2D eigenvalue weighted by Crippen LogP contribution is 2.52. The van der Waals surface area contributed by atoms with E-state index in [1.54, 1.807) is 0 Å². The van der Waals surface area contributed by atoms with Gasteiger partial charge in [-0.2, -0.15) is 0 Å². The van der Waals surface area contributed by atoms with E-state index in [2.05, 4.69) is 48.5 Å². The van der Waals surface area contributed by atoms with Crippen LogP contribution in [0.25, 0.3) is 22.3 Å². The fourth-order valence-corrected chi connectivity index (χ4v) is 5.31. The molecular formula is C30H30O4. The van der Waals surface area contributed by atoms with Gasteiger partial charge in [0.05, 0.1) is 12.7 Å². The van der Waals surface area contributed by atoms with Gasteiger partial charge in [0.15, 0.2) is 6.10 Å². The van der Waals surface area contributed by atoms with Gasteiger partial charge in [-0.3, -0.25) is 0 Å². The average molecular weight is 455 g/mol. The predicted molar refractivity (Wildman–Crippen MR) is 132 cm³/mol. The standard InChI is InChI=1S/C30H30O4/c1-18-16-24(19-6-3-2-4-7-19)27(20-9-10-20)28(26(18)29(30(31)32)34-23-12-13-23)22-11-14-25-21(17-22)8-5-15-33-25/h2-4,6-7,11,14,16-17,20,23,29H,5,8-10,12-13,15H2,1H3,(H,31,32). The molecule has 2 aliphatic carbocycles. The maximum Gasteiger partial charge on any atom is 0.337 e. The van der Waals surface area contributed by atoms with Crippen molar-refractivity contribution in [2.24, 2.45) is 0 Å². The molecule has 34 heavy (non-hydrogen) atoms. The Morgan fingerprint density at radius 2 is 1.82 bits per heavy atom. The third-order valence-electron chi connectivity index (χ3n) is 7.22. The second-order valence-corrected chi connectivity index (χ2v) is 9.91. The summed E-state index contributed by atoms with van der Waals surface area (Å²) in [5.74, 6) is 0.475. The van der Waals surface area contributed by atoms with E-state index in [0.29, 0.717) is 5.92 Å². The number of hydrogen-bond donors (Lipinski definition) is 1. The Hall–Kier alpha value is -3.11. The molecule has 0 aromatic heterocycles. The first kappa shape index (κ1) is 21.4. The third kappa shape index (κ3) is 4.01. The van der Waals surface area contributed by atoms with E-state index in [4.69, 9.17) is 9.47 Å². The number of ether oxygens (including phenoxy) is 2. The highest BCUT2D eigenvalue weighted by atomic mass is 16.5. The van der Waals surface area contributed by atoms with Gasteiger partial charge in [0.25, 0.3) is 0 Å². The highest BCUT2D eigenvalue weighted by molar-refractivity contribution is 5.88. The summed E-state index contributed by atoms with van der Waals surface area (Å²) in [5, 5.41) is 10.3. The number of hydrogen-bond acceptors (Lipinski definition) is 3. The molecule has 0 spiro atoms. The van der Waals surface area contributed by atoms with Crippen LogP contribution < -0.4 is 4.74 Å². The maximum absolute atomic E-state index is 12.5. The Kier molecular flexibility index (Phi) is 5.41. The molecule has 3 aromatic rings. The molecule has 174 valence electrons. The summed E-state index contributed by atoms with van der Waals surface area (Å²) in [4.78, 5) is 12.5. The minimum absolute atomic E-state index is 0.0449. The number of carbonyl (C=O) groups is 1. The lowest BCUT2D eigenvalue weighted by molar-refractivity contribution is -0.151. The van der Waals surface area contributed by atoms with E-state index in [-0.39, 0.29) is 6.10 Å². The van der Waals surface area contributed by atoms with E-state index >= 15 is 0 Å². The molecule has 3 aromatic carbocycles. The molecule has 1 unspecified atom stereocenters. The Morgan fingerprint density at radius 3 is 2.53 bits per heavy atom.